The lowest BCUT2D eigenvalue weighted by atomic mass is 9.52. The minimum Gasteiger partial charge on any atom is -0.497 e. The summed E-state index contributed by atoms with van der Waals surface area (Å²) >= 11 is 0. The maximum atomic E-state index is 12.4. The van der Waals surface area contributed by atoms with Crippen molar-refractivity contribution in [1.82, 2.24) is 4.90 Å². The number of rotatable bonds is 3. The molecule has 0 N–H and O–H groups in total. The monoisotopic (exact) mass is 325 g/mol. The topological polar surface area (TPSA) is 29.5 Å². The second-order valence-electron chi connectivity index (χ2n) is 8.50. The first kappa shape index (κ1) is 14.9. The van der Waals surface area contributed by atoms with E-state index in [4.69, 9.17) is 4.74 Å². The summed E-state index contributed by atoms with van der Waals surface area (Å²) in [5.74, 6) is 3.01. The summed E-state index contributed by atoms with van der Waals surface area (Å²) in [5.41, 5.74) is 2.98. The third-order valence-electron chi connectivity index (χ3n) is 7.21. The van der Waals surface area contributed by atoms with E-state index >= 15 is 0 Å². The van der Waals surface area contributed by atoms with Crippen LogP contribution in [-0.4, -0.2) is 36.9 Å². The van der Waals surface area contributed by atoms with Crippen LogP contribution in [0.1, 0.15) is 49.7 Å². The Bertz CT molecular complexity index is 680. The number of ketones is 1. The van der Waals surface area contributed by atoms with Gasteiger partial charge in [0.2, 0.25) is 0 Å². The number of carbonyl (C=O) groups excluding carboxylic acids is 1. The third kappa shape index (κ3) is 2.17. The van der Waals surface area contributed by atoms with E-state index in [2.05, 4.69) is 23.1 Å². The Kier molecular flexibility index (Phi) is 3.31. The fraction of sp³-hybridized carbons (Fsp3) is 0.667. The number of hydrogen-bond donors (Lipinski definition) is 0. The molecule has 0 amide bonds. The molecule has 0 unspecified atom stereocenters. The number of methoxy groups -OCH3 is 1. The molecule has 3 heteroatoms. The minimum atomic E-state index is 0.0855. The fourth-order valence-corrected chi connectivity index (χ4v) is 5.87. The van der Waals surface area contributed by atoms with Gasteiger partial charge in [-0.2, -0.15) is 0 Å². The summed E-state index contributed by atoms with van der Waals surface area (Å²) in [4.78, 5) is 15.2. The van der Waals surface area contributed by atoms with E-state index in [0.29, 0.717) is 17.7 Å². The molecule has 3 aliphatic carbocycles. The van der Waals surface area contributed by atoms with Gasteiger partial charge in [0, 0.05) is 30.8 Å². The molecule has 1 aromatic carbocycles. The Morgan fingerprint density at radius 2 is 2.17 bits per heavy atom. The largest absolute Gasteiger partial charge is 0.497 e. The molecule has 1 heterocycles. The zero-order valence-electron chi connectivity index (χ0n) is 14.6. The van der Waals surface area contributed by atoms with Gasteiger partial charge in [-0.15, -0.1) is 0 Å². The maximum Gasteiger partial charge on any atom is 0.133 e. The first-order chi connectivity index (χ1) is 11.7. The molecule has 24 heavy (non-hydrogen) atoms. The molecule has 128 valence electrons. The summed E-state index contributed by atoms with van der Waals surface area (Å²) < 4.78 is 5.51. The lowest BCUT2D eigenvalue weighted by Gasteiger charge is -2.58. The van der Waals surface area contributed by atoms with Gasteiger partial charge in [-0.1, -0.05) is 6.07 Å². The van der Waals surface area contributed by atoms with Crippen LogP contribution in [0, 0.1) is 11.8 Å². The quantitative estimate of drug-likeness (QED) is 0.853. The number of carbonyl (C=O) groups is 1. The van der Waals surface area contributed by atoms with E-state index in [0.717, 1.165) is 43.8 Å². The van der Waals surface area contributed by atoms with E-state index < -0.39 is 0 Å². The molecular weight excluding hydrogens is 298 g/mol. The van der Waals surface area contributed by atoms with E-state index in [1.165, 1.54) is 37.1 Å². The molecule has 0 spiro atoms. The fourth-order valence-electron chi connectivity index (χ4n) is 5.87. The van der Waals surface area contributed by atoms with Crippen LogP contribution in [0.5, 0.6) is 5.75 Å². The zero-order valence-corrected chi connectivity index (χ0v) is 14.6. The highest BCUT2D eigenvalue weighted by atomic mass is 16.5. The second-order valence-corrected chi connectivity index (χ2v) is 8.50. The first-order valence-electron chi connectivity index (χ1n) is 9.63. The van der Waals surface area contributed by atoms with Crippen LogP contribution < -0.4 is 4.74 Å². The number of likely N-dealkylation sites (tertiary alicyclic amines) is 1. The standard InChI is InChI=1S/C21H27NO2/c1-24-17-6-4-15-10-20-18-7-5-16(23)12-21(18,19(15)11-17)8-9-22(20)13-14-2-3-14/h4,6,11,14,18,20H,2-3,5,7-10,12-13H2,1H3/t18-,20-,21+/m1/s1. The van der Waals surface area contributed by atoms with Crippen LogP contribution in [0.25, 0.3) is 0 Å². The van der Waals surface area contributed by atoms with Crippen molar-refractivity contribution in [3.63, 3.8) is 0 Å². The average Bonchev–Trinajstić information content (AvgIpc) is 3.41. The Morgan fingerprint density at radius 3 is 2.96 bits per heavy atom. The molecule has 5 rings (SSSR count). The van der Waals surface area contributed by atoms with Crippen LogP contribution >= 0.6 is 0 Å². The normalized spacial score (nSPS) is 35.3. The molecule has 3 nitrogen and oxygen atoms in total. The van der Waals surface area contributed by atoms with E-state index in [1.54, 1.807) is 7.11 Å². The van der Waals surface area contributed by atoms with Crippen LogP contribution in [0.3, 0.4) is 0 Å². The SMILES string of the molecule is COc1ccc2c(c1)[C@]13CCN(CC4CC4)[C@H](C2)[C@H]1CCC(=O)C3. The minimum absolute atomic E-state index is 0.0855. The van der Waals surface area contributed by atoms with Crippen molar-refractivity contribution in [1.29, 1.82) is 0 Å². The van der Waals surface area contributed by atoms with Gasteiger partial charge in [0.05, 0.1) is 7.11 Å². The van der Waals surface area contributed by atoms with Crippen molar-refractivity contribution in [3.8, 4) is 5.75 Å². The lowest BCUT2D eigenvalue weighted by Crippen LogP contribution is -2.62. The number of ether oxygens (including phenoxy) is 1. The van der Waals surface area contributed by atoms with Crippen molar-refractivity contribution in [3.05, 3.63) is 29.3 Å². The third-order valence-corrected chi connectivity index (χ3v) is 7.21. The number of benzene rings is 1. The van der Waals surface area contributed by atoms with Crippen LogP contribution in [0.15, 0.2) is 18.2 Å². The van der Waals surface area contributed by atoms with Crippen LogP contribution in [0.2, 0.25) is 0 Å². The Morgan fingerprint density at radius 1 is 1.29 bits per heavy atom. The molecule has 4 aliphatic rings. The van der Waals surface area contributed by atoms with Gasteiger partial charge in [0.15, 0.2) is 0 Å². The molecule has 0 aromatic heterocycles. The number of nitrogens with zero attached hydrogens (tertiary/aromatic N) is 1. The molecule has 3 fully saturated rings. The van der Waals surface area contributed by atoms with E-state index in [1.807, 2.05) is 0 Å². The average molecular weight is 325 g/mol. The van der Waals surface area contributed by atoms with E-state index in [-0.39, 0.29) is 5.41 Å². The van der Waals surface area contributed by atoms with Gasteiger partial charge in [-0.3, -0.25) is 9.69 Å². The number of hydrogen-bond acceptors (Lipinski definition) is 3. The van der Waals surface area contributed by atoms with Crippen molar-refractivity contribution in [2.24, 2.45) is 11.8 Å². The summed E-state index contributed by atoms with van der Waals surface area (Å²) in [5, 5.41) is 0. The second kappa shape index (κ2) is 5.32. The highest BCUT2D eigenvalue weighted by Gasteiger charge is 2.55. The molecule has 1 aromatic rings. The van der Waals surface area contributed by atoms with Gasteiger partial charge < -0.3 is 4.74 Å². The lowest BCUT2D eigenvalue weighted by molar-refractivity contribution is -0.127. The Hall–Kier alpha value is -1.35. The molecule has 1 aliphatic heterocycles. The summed E-state index contributed by atoms with van der Waals surface area (Å²) in [7, 11) is 1.74. The molecule has 0 radical (unpaired) electrons. The van der Waals surface area contributed by atoms with Crippen LogP contribution in [0.4, 0.5) is 0 Å². The maximum absolute atomic E-state index is 12.4. The predicted molar refractivity (Wildman–Crippen MR) is 93.4 cm³/mol. The van der Waals surface area contributed by atoms with Crippen molar-refractivity contribution < 1.29 is 9.53 Å². The van der Waals surface area contributed by atoms with Gasteiger partial charge >= 0.3 is 0 Å². The summed E-state index contributed by atoms with van der Waals surface area (Å²) in [6, 6.07) is 7.25. The van der Waals surface area contributed by atoms with E-state index in [9.17, 15) is 4.79 Å². The molecule has 1 saturated heterocycles. The highest BCUT2D eigenvalue weighted by Crippen LogP contribution is 2.55. The molecular formula is C21H27NO2. The first-order valence-corrected chi connectivity index (χ1v) is 9.63. The Labute approximate surface area is 144 Å². The Balaban J connectivity index is 1.59. The molecule has 3 atom stereocenters. The smallest absolute Gasteiger partial charge is 0.133 e. The van der Waals surface area contributed by atoms with Gasteiger partial charge in [-0.05, 0) is 73.7 Å². The number of fused-ring (bicyclic) bond motifs is 1. The molecule has 2 saturated carbocycles. The van der Waals surface area contributed by atoms with Gasteiger partial charge in [-0.25, -0.2) is 0 Å². The number of Topliss-reactive ketones (excluding diaryl/α,β-unsaturated/α-hetero) is 1. The van der Waals surface area contributed by atoms with Gasteiger partial charge in [0.1, 0.15) is 11.5 Å². The van der Waals surface area contributed by atoms with Crippen LogP contribution in [-0.2, 0) is 16.6 Å². The number of piperidine rings is 1. The van der Waals surface area contributed by atoms with Crippen molar-refractivity contribution in [2.75, 3.05) is 20.2 Å². The van der Waals surface area contributed by atoms with Crippen molar-refractivity contribution >= 4 is 5.78 Å². The summed E-state index contributed by atoms with van der Waals surface area (Å²) in [6.07, 6.45) is 7.78. The summed E-state index contributed by atoms with van der Waals surface area (Å²) in [6.45, 7) is 2.46. The predicted octanol–water partition coefficient (Wildman–Crippen LogP) is 3.34. The van der Waals surface area contributed by atoms with Gasteiger partial charge in [0.25, 0.3) is 0 Å². The zero-order chi connectivity index (χ0) is 16.3. The highest BCUT2D eigenvalue weighted by molar-refractivity contribution is 5.81. The van der Waals surface area contributed by atoms with Crippen molar-refractivity contribution in [2.45, 2.75) is 56.4 Å². The molecule has 2 bridgehead atoms.